The number of nitrogens with zero attached hydrogens (tertiary/aromatic N) is 1. The molecular formula is C15H21ClN2O2. The number of likely N-dealkylation sites (tertiary alicyclic amines) is 1. The van der Waals surface area contributed by atoms with E-state index in [1.165, 1.54) is 5.56 Å². The van der Waals surface area contributed by atoms with Gasteiger partial charge in [0.15, 0.2) is 5.60 Å². The maximum atomic E-state index is 11.4. The summed E-state index contributed by atoms with van der Waals surface area (Å²) < 4.78 is 0. The fourth-order valence-corrected chi connectivity index (χ4v) is 3.20. The molecule has 2 rings (SSSR count). The molecule has 1 amide bonds. The van der Waals surface area contributed by atoms with Crippen LogP contribution in [0.4, 0.5) is 0 Å². The zero-order chi connectivity index (χ0) is 14.9. The van der Waals surface area contributed by atoms with Gasteiger partial charge in [-0.15, -0.1) is 0 Å². The van der Waals surface area contributed by atoms with Gasteiger partial charge in [-0.2, -0.15) is 0 Å². The molecule has 1 saturated heterocycles. The highest BCUT2D eigenvalue weighted by Crippen LogP contribution is 2.26. The van der Waals surface area contributed by atoms with Crippen LogP contribution in [0.2, 0.25) is 5.02 Å². The van der Waals surface area contributed by atoms with Crippen molar-refractivity contribution in [1.29, 1.82) is 0 Å². The van der Waals surface area contributed by atoms with Crippen molar-refractivity contribution in [3.8, 4) is 0 Å². The van der Waals surface area contributed by atoms with E-state index in [0.29, 0.717) is 19.5 Å². The van der Waals surface area contributed by atoms with Gasteiger partial charge in [0.2, 0.25) is 0 Å². The standard InChI is InChI=1S/C15H21ClN2O2/c1-10-6-12(16)7-11(2)13(10)8-18-5-3-4-15(20,9-18)14(17)19/h6-7,20H,3-5,8-9H2,1-2H3,(H2,17,19). The molecule has 0 spiro atoms. The number of piperidine rings is 1. The van der Waals surface area contributed by atoms with Crippen molar-refractivity contribution < 1.29 is 9.90 Å². The third-order valence-corrected chi connectivity index (χ3v) is 4.27. The van der Waals surface area contributed by atoms with E-state index >= 15 is 0 Å². The van der Waals surface area contributed by atoms with Crippen LogP contribution < -0.4 is 5.73 Å². The molecule has 5 heteroatoms. The number of hydrogen-bond donors (Lipinski definition) is 2. The van der Waals surface area contributed by atoms with E-state index in [4.69, 9.17) is 17.3 Å². The predicted molar refractivity (Wildman–Crippen MR) is 79.6 cm³/mol. The van der Waals surface area contributed by atoms with Crippen LogP contribution in [0.15, 0.2) is 12.1 Å². The van der Waals surface area contributed by atoms with Gasteiger partial charge in [-0.25, -0.2) is 0 Å². The van der Waals surface area contributed by atoms with Crippen LogP contribution in [0.3, 0.4) is 0 Å². The van der Waals surface area contributed by atoms with Crippen LogP contribution in [0.5, 0.6) is 0 Å². The molecule has 1 fully saturated rings. The molecule has 20 heavy (non-hydrogen) atoms. The van der Waals surface area contributed by atoms with Crippen LogP contribution in [0.25, 0.3) is 0 Å². The number of aryl methyl sites for hydroxylation is 2. The van der Waals surface area contributed by atoms with Crippen LogP contribution in [0, 0.1) is 13.8 Å². The first-order valence-corrected chi connectivity index (χ1v) is 7.20. The molecule has 0 saturated carbocycles. The maximum Gasteiger partial charge on any atom is 0.250 e. The molecule has 3 N–H and O–H groups in total. The summed E-state index contributed by atoms with van der Waals surface area (Å²) >= 11 is 6.04. The number of β-amino-alcohol motifs (C(OH)–C–C–N with tert-alkyl or cyclic N) is 1. The van der Waals surface area contributed by atoms with Crippen LogP contribution >= 0.6 is 11.6 Å². The summed E-state index contributed by atoms with van der Waals surface area (Å²) in [5.74, 6) is -0.633. The van der Waals surface area contributed by atoms with Crippen molar-refractivity contribution in [2.24, 2.45) is 5.73 Å². The zero-order valence-corrected chi connectivity index (χ0v) is 12.7. The van der Waals surface area contributed by atoms with Gasteiger partial charge in [0.05, 0.1) is 0 Å². The topological polar surface area (TPSA) is 66.6 Å². The number of primary amides is 1. The van der Waals surface area contributed by atoms with Crippen molar-refractivity contribution in [2.45, 2.75) is 38.8 Å². The first-order chi connectivity index (χ1) is 9.32. The Kier molecular flexibility index (Phi) is 4.37. The fraction of sp³-hybridized carbons (Fsp3) is 0.533. The molecule has 1 unspecified atom stereocenters. The Bertz CT molecular complexity index is 510. The maximum absolute atomic E-state index is 11.4. The van der Waals surface area contributed by atoms with Crippen LogP contribution in [0.1, 0.15) is 29.5 Å². The molecule has 0 radical (unpaired) electrons. The lowest BCUT2D eigenvalue weighted by Gasteiger charge is -2.37. The summed E-state index contributed by atoms with van der Waals surface area (Å²) in [5, 5.41) is 11.0. The van der Waals surface area contributed by atoms with E-state index < -0.39 is 11.5 Å². The lowest BCUT2D eigenvalue weighted by molar-refractivity contribution is -0.142. The quantitative estimate of drug-likeness (QED) is 0.893. The fourth-order valence-electron chi connectivity index (χ4n) is 2.87. The Morgan fingerprint density at radius 1 is 1.45 bits per heavy atom. The molecule has 1 aliphatic rings. The first kappa shape index (κ1) is 15.3. The second kappa shape index (κ2) is 5.72. The van der Waals surface area contributed by atoms with Gasteiger partial charge in [0.1, 0.15) is 0 Å². The van der Waals surface area contributed by atoms with Crippen molar-refractivity contribution in [3.63, 3.8) is 0 Å². The van der Waals surface area contributed by atoms with Crippen molar-refractivity contribution >= 4 is 17.5 Å². The van der Waals surface area contributed by atoms with Gasteiger partial charge >= 0.3 is 0 Å². The van der Waals surface area contributed by atoms with E-state index in [9.17, 15) is 9.90 Å². The lowest BCUT2D eigenvalue weighted by Crippen LogP contribution is -2.55. The van der Waals surface area contributed by atoms with Gasteiger partial charge in [-0.1, -0.05) is 11.6 Å². The Hall–Kier alpha value is -1.10. The Balaban J connectivity index is 2.16. The monoisotopic (exact) mass is 296 g/mol. The van der Waals surface area contributed by atoms with Crippen LogP contribution in [-0.4, -0.2) is 34.6 Å². The number of carbonyl (C=O) groups is 1. The number of rotatable bonds is 3. The molecule has 0 aromatic heterocycles. The molecule has 1 aromatic carbocycles. The number of aliphatic hydroxyl groups is 1. The van der Waals surface area contributed by atoms with Gasteiger partial charge in [-0.3, -0.25) is 9.69 Å². The summed E-state index contributed by atoms with van der Waals surface area (Å²) in [6.45, 7) is 5.91. The number of hydrogen-bond acceptors (Lipinski definition) is 3. The largest absolute Gasteiger partial charge is 0.379 e. The minimum atomic E-state index is -1.40. The van der Waals surface area contributed by atoms with Crippen LogP contribution in [-0.2, 0) is 11.3 Å². The van der Waals surface area contributed by atoms with Gasteiger partial charge in [0, 0.05) is 18.1 Å². The number of benzene rings is 1. The zero-order valence-electron chi connectivity index (χ0n) is 11.9. The van der Waals surface area contributed by atoms with Crippen molar-refractivity contribution in [2.75, 3.05) is 13.1 Å². The smallest absolute Gasteiger partial charge is 0.250 e. The minimum absolute atomic E-state index is 0.295. The van der Waals surface area contributed by atoms with E-state index in [-0.39, 0.29) is 0 Å². The van der Waals surface area contributed by atoms with E-state index in [1.807, 2.05) is 26.0 Å². The SMILES string of the molecule is Cc1cc(Cl)cc(C)c1CN1CCCC(O)(C(N)=O)C1. The van der Waals surface area contributed by atoms with Gasteiger partial charge in [0.25, 0.3) is 5.91 Å². The molecule has 110 valence electrons. The number of nitrogens with two attached hydrogens (primary N) is 1. The normalized spacial score (nSPS) is 23.8. The predicted octanol–water partition coefficient (Wildman–Crippen LogP) is 1.77. The Labute approximate surface area is 124 Å². The lowest BCUT2D eigenvalue weighted by atomic mass is 9.91. The summed E-state index contributed by atoms with van der Waals surface area (Å²) in [7, 11) is 0. The highest BCUT2D eigenvalue weighted by Gasteiger charge is 2.38. The minimum Gasteiger partial charge on any atom is -0.379 e. The third-order valence-electron chi connectivity index (χ3n) is 4.05. The molecule has 1 atom stereocenters. The van der Waals surface area contributed by atoms with E-state index in [0.717, 1.165) is 29.1 Å². The number of amides is 1. The van der Waals surface area contributed by atoms with Crippen molar-refractivity contribution in [1.82, 2.24) is 4.90 Å². The molecule has 0 aliphatic carbocycles. The second-order valence-corrected chi connectivity index (χ2v) is 6.16. The molecule has 1 aromatic rings. The average Bonchev–Trinajstić information content (AvgIpc) is 2.34. The summed E-state index contributed by atoms with van der Waals surface area (Å²) in [4.78, 5) is 13.5. The molecular weight excluding hydrogens is 276 g/mol. The summed E-state index contributed by atoms with van der Waals surface area (Å²) in [5.41, 5.74) is 7.36. The second-order valence-electron chi connectivity index (χ2n) is 5.73. The Morgan fingerprint density at radius 2 is 2.05 bits per heavy atom. The highest BCUT2D eigenvalue weighted by atomic mass is 35.5. The third kappa shape index (κ3) is 3.14. The summed E-state index contributed by atoms with van der Waals surface area (Å²) in [6, 6.07) is 3.88. The Morgan fingerprint density at radius 3 is 2.60 bits per heavy atom. The number of halogens is 1. The van der Waals surface area contributed by atoms with E-state index in [1.54, 1.807) is 0 Å². The molecule has 1 heterocycles. The average molecular weight is 297 g/mol. The molecule has 0 bridgehead atoms. The molecule has 4 nitrogen and oxygen atoms in total. The first-order valence-electron chi connectivity index (χ1n) is 6.82. The van der Waals surface area contributed by atoms with Gasteiger partial charge < -0.3 is 10.8 Å². The van der Waals surface area contributed by atoms with E-state index in [2.05, 4.69) is 4.90 Å². The van der Waals surface area contributed by atoms with Gasteiger partial charge in [-0.05, 0) is 62.1 Å². The van der Waals surface area contributed by atoms with Crippen molar-refractivity contribution in [3.05, 3.63) is 33.8 Å². The highest BCUT2D eigenvalue weighted by molar-refractivity contribution is 6.30. The summed E-state index contributed by atoms with van der Waals surface area (Å²) in [6.07, 6.45) is 1.21. The number of carbonyl (C=O) groups excluding carboxylic acids is 1. The molecule has 1 aliphatic heterocycles.